The lowest BCUT2D eigenvalue weighted by Gasteiger charge is -2.22. The number of rotatable bonds is 3. The standard InChI is InChI=1S/C12H14F3N5O/c13-12(14,15)11-18-17-10-2-1-9(19-20(10)11)16-7-8-3-5-21-6-4-8/h1-2,8H,3-7H2,(H,16,19). The molecule has 0 aromatic carbocycles. The predicted octanol–water partition coefficient (Wildman–Crippen LogP) is 1.98. The average molecular weight is 301 g/mol. The van der Waals surface area contributed by atoms with Crippen LogP contribution in [0.5, 0.6) is 0 Å². The number of hydrogen-bond donors (Lipinski definition) is 1. The molecule has 0 atom stereocenters. The summed E-state index contributed by atoms with van der Waals surface area (Å²) in [6.45, 7) is 2.11. The predicted molar refractivity (Wildman–Crippen MR) is 67.8 cm³/mol. The van der Waals surface area contributed by atoms with Crippen molar-refractivity contribution >= 4 is 11.5 Å². The van der Waals surface area contributed by atoms with Gasteiger partial charge in [0.1, 0.15) is 5.82 Å². The number of fused-ring (bicyclic) bond motifs is 1. The number of nitrogens with zero attached hydrogens (tertiary/aromatic N) is 4. The molecule has 3 heterocycles. The van der Waals surface area contributed by atoms with E-state index < -0.39 is 12.0 Å². The van der Waals surface area contributed by atoms with Crippen LogP contribution in [0.4, 0.5) is 19.0 Å². The molecule has 2 aromatic heterocycles. The quantitative estimate of drug-likeness (QED) is 0.939. The van der Waals surface area contributed by atoms with Crippen molar-refractivity contribution in [3.8, 4) is 0 Å². The summed E-state index contributed by atoms with van der Waals surface area (Å²) in [6.07, 6.45) is -2.70. The van der Waals surface area contributed by atoms with Crippen LogP contribution in [0, 0.1) is 5.92 Å². The minimum Gasteiger partial charge on any atom is -0.381 e. The largest absolute Gasteiger partial charge is 0.453 e. The second-order valence-electron chi connectivity index (χ2n) is 4.95. The first-order valence-corrected chi connectivity index (χ1v) is 6.65. The Labute approximate surface area is 118 Å². The maximum Gasteiger partial charge on any atom is 0.453 e. The number of hydrogen-bond acceptors (Lipinski definition) is 5. The topological polar surface area (TPSA) is 64.3 Å². The monoisotopic (exact) mass is 301 g/mol. The van der Waals surface area contributed by atoms with Crippen LogP contribution in [0.1, 0.15) is 18.7 Å². The van der Waals surface area contributed by atoms with Gasteiger partial charge in [-0.15, -0.1) is 15.3 Å². The summed E-state index contributed by atoms with van der Waals surface area (Å²) in [5, 5.41) is 13.6. The molecule has 114 valence electrons. The lowest BCUT2D eigenvalue weighted by Crippen LogP contribution is -2.23. The molecule has 0 aliphatic carbocycles. The van der Waals surface area contributed by atoms with Crippen LogP contribution in [-0.2, 0) is 10.9 Å². The molecule has 1 saturated heterocycles. The second-order valence-corrected chi connectivity index (χ2v) is 4.95. The molecule has 21 heavy (non-hydrogen) atoms. The molecule has 0 spiro atoms. The zero-order valence-corrected chi connectivity index (χ0v) is 11.1. The molecule has 0 radical (unpaired) electrons. The maximum absolute atomic E-state index is 12.8. The van der Waals surface area contributed by atoms with Gasteiger partial charge in [0.2, 0.25) is 0 Å². The summed E-state index contributed by atoms with van der Waals surface area (Å²) < 4.78 is 44.3. The third-order valence-corrected chi connectivity index (χ3v) is 3.43. The zero-order chi connectivity index (χ0) is 14.9. The molecule has 0 bridgehead atoms. The van der Waals surface area contributed by atoms with E-state index in [9.17, 15) is 13.2 Å². The van der Waals surface area contributed by atoms with Crippen molar-refractivity contribution < 1.29 is 17.9 Å². The Morgan fingerprint density at radius 3 is 2.71 bits per heavy atom. The third kappa shape index (κ3) is 3.07. The minimum atomic E-state index is -4.58. The van der Waals surface area contributed by atoms with E-state index in [1.54, 1.807) is 6.07 Å². The Kier molecular flexibility index (Phi) is 3.66. The van der Waals surface area contributed by atoms with Gasteiger partial charge in [-0.25, -0.2) is 0 Å². The van der Waals surface area contributed by atoms with Gasteiger partial charge in [-0.05, 0) is 30.9 Å². The van der Waals surface area contributed by atoms with Crippen LogP contribution < -0.4 is 5.32 Å². The van der Waals surface area contributed by atoms with Gasteiger partial charge in [-0.1, -0.05) is 0 Å². The molecule has 1 N–H and O–H groups in total. The Hall–Kier alpha value is -1.90. The molecule has 1 aliphatic rings. The summed E-state index contributed by atoms with van der Waals surface area (Å²) in [5.74, 6) is -0.300. The van der Waals surface area contributed by atoms with E-state index in [0.29, 0.717) is 22.8 Å². The van der Waals surface area contributed by atoms with E-state index in [-0.39, 0.29) is 5.65 Å². The van der Waals surface area contributed by atoms with Gasteiger partial charge in [0.15, 0.2) is 5.65 Å². The summed E-state index contributed by atoms with van der Waals surface area (Å²) >= 11 is 0. The smallest absolute Gasteiger partial charge is 0.381 e. The van der Waals surface area contributed by atoms with E-state index in [1.807, 2.05) is 0 Å². The summed E-state index contributed by atoms with van der Waals surface area (Å²) in [6, 6.07) is 3.06. The van der Waals surface area contributed by atoms with Crippen LogP contribution >= 0.6 is 0 Å². The molecule has 1 fully saturated rings. The molecule has 1 aliphatic heterocycles. The first-order chi connectivity index (χ1) is 10.0. The van der Waals surface area contributed by atoms with Crippen molar-refractivity contribution in [1.82, 2.24) is 19.8 Å². The number of alkyl halides is 3. The van der Waals surface area contributed by atoms with Crippen molar-refractivity contribution in [2.45, 2.75) is 19.0 Å². The van der Waals surface area contributed by atoms with Crippen LogP contribution in [0.2, 0.25) is 0 Å². The van der Waals surface area contributed by atoms with E-state index in [0.717, 1.165) is 26.1 Å². The third-order valence-electron chi connectivity index (χ3n) is 3.43. The normalized spacial score (nSPS) is 17.3. The summed E-state index contributed by atoms with van der Waals surface area (Å²) in [5.41, 5.74) is 0.0685. The van der Waals surface area contributed by atoms with Gasteiger partial charge in [0, 0.05) is 19.8 Å². The van der Waals surface area contributed by atoms with Crippen molar-refractivity contribution in [3.63, 3.8) is 0 Å². The van der Waals surface area contributed by atoms with Crippen LogP contribution in [-0.4, -0.2) is 39.6 Å². The molecule has 2 aromatic rings. The molecule has 0 unspecified atom stereocenters. The molecule has 3 rings (SSSR count). The molecule has 6 nitrogen and oxygen atoms in total. The van der Waals surface area contributed by atoms with Crippen molar-refractivity contribution in [1.29, 1.82) is 0 Å². The fourth-order valence-electron chi connectivity index (χ4n) is 2.26. The first-order valence-electron chi connectivity index (χ1n) is 6.65. The number of nitrogens with one attached hydrogen (secondary N) is 1. The maximum atomic E-state index is 12.8. The Bertz CT molecular complexity index is 621. The van der Waals surface area contributed by atoms with Crippen LogP contribution in [0.3, 0.4) is 0 Å². The molecule has 9 heteroatoms. The van der Waals surface area contributed by atoms with Gasteiger partial charge in [-0.3, -0.25) is 0 Å². The SMILES string of the molecule is FC(F)(F)c1nnc2ccc(NCC3CCOCC3)nn12. The van der Waals surface area contributed by atoms with E-state index in [1.165, 1.54) is 6.07 Å². The summed E-state index contributed by atoms with van der Waals surface area (Å²) in [7, 11) is 0. The van der Waals surface area contributed by atoms with E-state index in [2.05, 4.69) is 20.6 Å². The number of aromatic nitrogens is 4. The van der Waals surface area contributed by atoms with E-state index >= 15 is 0 Å². The average Bonchev–Trinajstić information content (AvgIpc) is 2.89. The summed E-state index contributed by atoms with van der Waals surface area (Å²) in [4.78, 5) is 0. The van der Waals surface area contributed by atoms with Gasteiger partial charge >= 0.3 is 6.18 Å². The molecule has 0 saturated carbocycles. The fraction of sp³-hybridized carbons (Fsp3) is 0.583. The van der Waals surface area contributed by atoms with Crippen molar-refractivity contribution in [2.24, 2.45) is 5.92 Å². The highest BCUT2D eigenvalue weighted by molar-refractivity contribution is 5.44. The lowest BCUT2D eigenvalue weighted by molar-refractivity contribution is -0.146. The highest BCUT2D eigenvalue weighted by atomic mass is 19.4. The number of ether oxygens (including phenoxy) is 1. The molecule has 0 amide bonds. The first kappa shape index (κ1) is 14.1. The number of anilines is 1. The Balaban J connectivity index is 1.76. The lowest BCUT2D eigenvalue weighted by atomic mass is 10.0. The number of halogens is 3. The highest BCUT2D eigenvalue weighted by Gasteiger charge is 2.37. The molecular weight excluding hydrogens is 287 g/mol. The van der Waals surface area contributed by atoms with E-state index in [4.69, 9.17) is 4.74 Å². The van der Waals surface area contributed by atoms with Gasteiger partial charge in [0.25, 0.3) is 5.82 Å². The zero-order valence-electron chi connectivity index (χ0n) is 11.1. The van der Waals surface area contributed by atoms with Crippen molar-refractivity contribution in [2.75, 3.05) is 25.1 Å². The minimum absolute atomic E-state index is 0.0685. The van der Waals surface area contributed by atoms with Gasteiger partial charge < -0.3 is 10.1 Å². The molecular formula is C12H14F3N5O. The fourth-order valence-corrected chi connectivity index (χ4v) is 2.26. The van der Waals surface area contributed by atoms with Gasteiger partial charge in [-0.2, -0.15) is 17.7 Å². The Morgan fingerprint density at radius 2 is 2.00 bits per heavy atom. The van der Waals surface area contributed by atoms with Crippen molar-refractivity contribution in [3.05, 3.63) is 18.0 Å². The Morgan fingerprint density at radius 1 is 1.24 bits per heavy atom. The van der Waals surface area contributed by atoms with Crippen LogP contribution in [0.25, 0.3) is 5.65 Å². The second kappa shape index (κ2) is 5.47. The van der Waals surface area contributed by atoms with Crippen LogP contribution in [0.15, 0.2) is 12.1 Å². The van der Waals surface area contributed by atoms with Gasteiger partial charge in [0.05, 0.1) is 0 Å². The highest BCUT2D eigenvalue weighted by Crippen LogP contribution is 2.27.